The van der Waals surface area contributed by atoms with E-state index in [2.05, 4.69) is 0 Å². The molecule has 0 radical (unpaired) electrons. The molecular weight excluding hydrogens is 274 g/mol. The lowest BCUT2D eigenvalue weighted by molar-refractivity contribution is 0.118. The molecule has 1 aliphatic rings. The lowest BCUT2D eigenvalue weighted by Crippen LogP contribution is -2.41. The van der Waals surface area contributed by atoms with Crippen LogP contribution in [0.3, 0.4) is 0 Å². The molecule has 112 valence electrons. The van der Waals surface area contributed by atoms with Gasteiger partial charge in [0.1, 0.15) is 0 Å². The number of hydrogen-bond donors (Lipinski definition) is 0. The summed E-state index contributed by atoms with van der Waals surface area (Å²) in [5.41, 5.74) is 1.78. The van der Waals surface area contributed by atoms with Crippen molar-refractivity contribution < 1.29 is 13.2 Å². The van der Waals surface area contributed by atoms with Crippen molar-refractivity contribution in [1.29, 1.82) is 0 Å². The van der Waals surface area contributed by atoms with Gasteiger partial charge in [0.05, 0.1) is 11.5 Å². The van der Waals surface area contributed by atoms with Crippen LogP contribution in [0.5, 0.6) is 0 Å². The zero-order valence-corrected chi connectivity index (χ0v) is 13.2. The molecule has 0 amide bonds. The first kappa shape index (κ1) is 15.5. The van der Waals surface area contributed by atoms with Gasteiger partial charge in [-0.15, -0.1) is 0 Å². The molecule has 0 aliphatic carbocycles. The lowest BCUT2D eigenvalue weighted by atomic mass is 10.0. The third-order valence-electron chi connectivity index (χ3n) is 3.85. The fraction of sp³-hybridized carbons (Fsp3) is 0.600. The summed E-state index contributed by atoms with van der Waals surface area (Å²) in [4.78, 5) is 0.440. The second-order valence-corrected chi connectivity index (χ2v) is 7.50. The van der Waals surface area contributed by atoms with Crippen LogP contribution in [0.2, 0.25) is 0 Å². The number of benzene rings is 1. The summed E-state index contributed by atoms with van der Waals surface area (Å²) in [6, 6.07) is 5.59. The van der Waals surface area contributed by atoms with Crippen molar-refractivity contribution in [3.05, 3.63) is 29.3 Å². The number of hydrogen-bond acceptors (Lipinski definition) is 3. The van der Waals surface area contributed by atoms with Gasteiger partial charge in [0.25, 0.3) is 0 Å². The van der Waals surface area contributed by atoms with Crippen molar-refractivity contribution in [2.75, 3.05) is 26.8 Å². The Hall–Kier alpha value is -0.910. The largest absolute Gasteiger partial charge is 0.384 e. The predicted molar refractivity (Wildman–Crippen MR) is 79.3 cm³/mol. The van der Waals surface area contributed by atoms with Crippen LogP contribution < -0.4 is 0 Å². The monoisotopic (exact) mass is 297 g/mol. The van der Waals surface area contributed by atoms with Crippen molar-refractivity contribution in [1.82, 2.24) is 4.31 Å². The van der Waals surface area contributed by atoms with Crippen LogP contribution >= 0.6 is 0 Å². The molecule has 1 saturated heterocycles. The van der Waals surface area contributed by atoms with E-state index in [4.69, 9.17) is 4.74 Å². The molecule has 1 fully saturated rings. The van der Waals surface area contributed by atoms with Gasteiger partial charge in [-0.1, -0.05) is 12.1 Å². The molecule has 0 bridgehead atoms. The molecule has 0 aromatic heterocycles. The molecule has 20 heavy (non-hydrogen) atoms. The van der Waals surface area contributed by atoms with Crippen LogP contribution in [0.4, 0.5) is 0 Å². The topological polar surface area (TPSA) is 46.6 Å². The molecular formula is C15H23NO3S. The second-order valence-electron chi connectivity index (χ2n) is 5.60. The van der Waals surface area contributed by atoms with Gasteiger partial charge in [-0.3, -0.25) is 0 Å². The molecule has 1 aromatic rings. The minimum atomic E-state index is -3.39. The molecule has 0 saturated carbocycles. The smallest absolute Gasteiger partial charge is 0.243 e. The predicted octanol–water partition coefficient (Wildman–Crippen LogP) is 2.35. The SMILES string of the molecule is COCC1CCCN(S(=O)(=O)c2cc(C)ccc2C)C1. The van der Waals surface area contributed by atoms with Gasteiger partial charge >= 0.3 is 0 Å². The molecule has 1 heterocycles. The third kappa shape index (κ3) is 3.22. The Labute approximate surface area is 121 Å². The number of aryl methyl sites for hydroxylation is 2. The molecule has 0 N–H and O–H groups in total. The van der Waals surface area contributed by atoms with E-state index in [1.54, 1.807) is 17.5 Å². The van der Waals surface area contributed by atoms with Gasteiger partial charge in [0.15, 0.2) is 0 Å². The maximum Gasteiger partial charge on any atom is 0.243 e. The Morgan fingerprint density at radius 3 is 2.80 bits per heavy atom. The quantitative estimate of drug-likeness (QED) is 0.857. The number of sulfonamides is 1. The molecule has 4 nitrogen and oxygen atoms in total. The van der Waals surface area contributed by atoms with Gasteiger partial charge in [-0.05, 0) is 49.8 Å². The molecule has 1 unspecified atom stereocenters. The standard InChI is InChI=1S/C15H23NO3S/c1-12-6-7-13(2)15(9-12)20(17,18)16-8-4-5-14(10-16)11-19-3/h6-7,9,14H,4-5,8,10-11H2,1-3H3. The summed E-state index contributed by atoms with van der Waals surface area (Å²) in [5, 5.41) is 0. The van der Waals surface area contributed by atoms with E-state index in [0.717, 1.165) is 24.0 Å². The average Bonchev–Trinajstić information content (AvgIpc) is 2.42. The second kappa shape index (κ2) is 6.24. The highest BCUT2D eigenvalue weighted by Gasteiger charge is 2.31. The highest BCUT2D eigenvalue weighted by atomic mass is 32.2. The molecule has 1 aliphatic heterocycles. The molecule has 2 rings (SSSR count). The number of rotatable bonds is 4. The Morgan fingerprint density at radius 2 is 2.10 bits per heavy atom. The van der Waals surface area contributed by atoms with Crippen LogP contribution in [0.25, 0.3) is 0 Å². The zero-order chi connectivity index (χ0) is 14.8. The zero-order valence-electron chi connectivity index (χ0n) is 12.4. The van der Waals surface area contributed by atoms with Crippen LogP contribution in [-0.4, -0.2) is 39.5 Å². The van der Waals surface area contributed by atoms with Crippen molar-refractivity contribution in [2.45, 2.75) is 31.6 Å². The Balaban J connectivity index is 2.27. The Morgan fingerprint density at radius 1 is 1.35 bits per heavy atom. The van der Waals surface area contributed by atoms with E-state index >= 15 is 0 Å². The minimum absolute atomic E-state index is 0.300. The molecule has 0 spiro atoms. The van der Waals surface area contributed by atoms with Gasteiger partial charge in [-0.25, -0.2) is 8.42 Å². The normalized spacial score (nSPS) is 21.1. The first-order valence-corrected chi connectivity index (χ1v) is 8.45. The van der Waals surface area contributed by atoms with E-state index in [9.17, 15) is 8.42 Å². The first-order chi connectivity index (χ1) is 9.45. The average molecular weight is 297 g/mol. The molecule has 1 atom stereocenters. The summed E-state index contributed by atoms with van der Waals surface area (Å²) in [6.45, 7) is 5.56. The number of ether oxygens (including phenoxy) is 1. The van der Waals surface area contributed by atoms with Crippen molar-refractivity contribution in [2.24, 2.45) is 5.92 Å². The summed E-state index contributed by atoms with van der Waals surface area (Å²) in [5.74, 6) is 0.300. The van der Waals surface area contributed by atoms with Crippen LogP contribution in [0.15, 0.2) is 23.1 Å². The minimum Gasteiger partial charge on any atom is -0.384 e. The number of nitrogens with zero attached hydrogens (tertiary/aromatic N) is 1. The van der Waals surface area contributed by atoms with E-state index in [-0.39, 0.29) is 0 Å². The fourth-order valence-electron chi connectivity index (χ4n) is 2.74. The van der Waals surface area contributed by atoms with E-state index in [1.807, 2.05) is 26.0 Å². The molecule has 1 aromatic carbocycles. The summed E-state index contributed by atoms with van der Waals surface area (Å²) >= 11 is 0. The fourth-order valence-corrected chi connectivity index (χ4v) is 4.61. The van der Waals surface area contributed by atoms with Crippen LogP contribution in [0, 0.1) is 19.8 Å². The van der Waals surface area contributed by atoms with E-state index in [0.29, 0.717) is 30.5 Å². The van der Waals surface area contributed by atoms with Gasteiger partial charge < -0.3 is 4.74 Å². The first-order valence-electron chi connectivity index (χ1n) is 7.01. The van der Waals surface area contributed by atoms with Crippen molar-refractivity contribution >= 4 is 10.0 Å². The lowest BCUT2D eigenvalue weighted by Gasteiger charge is -2.32. The summed E-state index contributed by atoms with van der Waals surface area (Å²) < 4.78 is 32.4. The number of methoxy groups -OCH3 is 1. The highest BCUT2D eigenvalue weighted by Crippen LogP contribution is 2.26. The van der Waals surface area contributed by atoms with E-state index in [1.165, 1.54) is 0 Å². The van der Waals surface area contributed by atoms with Gasteiger partial charge in [-0.2, -0.15) is 4.31 Å². The highest BCUT2D eigenvalue weighted by molar-refractivity contribution is 7.89. The van der Waals surface area contributed by atoms with Crippen molar-refractivity contribution in [3.8, 4) is 0 Å². The third-order valence-corrected chi connectivity index (χ3v) is 5.85. The van der Waals surface area contributed by atoms with E-state index < -0.39 is 10.0 Å². The van der Waals surface area contributed by atoms with Gasteiger partial charge in [0.2, 0.25) is 10.0 Å². The number of piperidine rings is 1. The van der Waals surface area contributed by atoms with Crippen LogP contribution in [0.1, 0.15) is 24.0 Å². The Bertz CT molecular complexity index is 566. The van der Waals surface area contributed by atoms with Crippen molar-refractivity contribution in [3.63, 3.8) is 0 Å². The van der Waals surface area contributed by atoms with Gasteiger partial charge in [0, 0.05) is 20.2 Å². The summed E-state index contributed by atoms with van der Waals surface area (Å²) in [6.07, 6.45) is 1.94. The van der Waals surface area contributed by atoms with Crippen LogP contribution in [-0.2, 0) is 14.8 Å². The summed E-state index contributed by atoms with van der Waals surface area (Å²) in [7, 11) is -1.72. The Kier molecular flexibility index (Phi) is 4.83. The maximum absolute atomic E-state index is 12.8. The maximum atomic E-state index is 12.8. The molecule has 5 heteroatoms.